The molecule has 0 aromatic heterocycles. The summed E-state index contributed by atoms with van der Waals surface area (Å²) in [5.74, 6) is -23.8. The summed E-state index contributed by atoms with van der Waals surface area (Å²) in [6.07, 6.45) is -0.792. The molecule has 3 aromatic carbocycles. The van der Waals surface area contributed by atoms with Crippen LogP contribution in [0.25, 0.3) is 10.8 Å². The van der Waals surface area contributed by atoms with Crippen molar-refractivity contribution >= 4 is 69.4 Å². The molecule has 2 heterocycles. The van der Waals surface area contributed by atoms with Gasteiger partial charge in [-0.3, -0.25) is 19.2 Å². The van der Waals surface area contributed by atoms with E-state index >= 15 is 8.78 Å². The van der Waals surface area contributed by atoms with Gasteiger partial charge in [-0.25, -0.2) is 31.6 Å². The molecule has 2 saturated heterocycles. The molecule has 5 amide bonds. The normalized spacial score (nSPS) is 29.6. The number of hydrogen-bond donors (Lipinski definition) is 1. The standard InChI is InChI=1S/C32H19Cl2F5N2O7/c1-48-30(47)41-26(43)14-8-7-13-15(17(14)27(41)44)10-31(33)28(45)40(25-23(38)21(36)20(35)22(37)24(25)39)29(46)32(31,34)19(13)18-12-5-3-2-4-11(12)6-9-16(18)42/h2-7,9,14-15,17,19,42H,8,10H2,1H3/t14-,15+,17-,19+,31+,32-/m0/s1. The molecule has 16 heteroatoms. The zero-order valence-corrected chi connectivity index (χ0v) is 25.7. The number of ether oxygens (including phenoxy) is 1. The van der Waals surface area contributed by atoms with Crippen LogP contribution in [-0.4, -0.2) is 56.6 Å². The van der Waals surface area contributed by atoms with Gasteiger partial charge in [0.2, 0.25) is 17.6 Å². The van der Waals surface area contributed by atoms with E-state index < -0.39 is 110 Å². The van der Waals surface area contributed by atoms with Crippen LogP contribution in [0.4, 0.5) is 32.4 Å². The first-order valence-electron chi connectivity index (χ1n) is 14.3. The number of benzene rings is 3. The van der Waals surface area contributed by atoms with Crippen LogP contribution in [0.5, 0.6) is 5.75 Å². The van der Waals surface area contributed by atoms with Crippen molar-refractivity contribution in [2.24, 2.45) is 17.8 Å². The number of anilines is 1. The number of imide groups is 4. The van der Waals surface area contributed by atoms with Crippen molar-refractivity contribution < 1.29 is 55.8 Å². The molecule has 0 spiro atoms. The molecule has 9 nitrogen and oxygen atoms in total. The van der Waals surface area contributed by atoms with Gasteiger partial charge in [0.15, 0.2) is 33.0 Å². The quantitative estimate of drug-likeness (QED) is 0.0923. The van der Waals surface area contributed by atoms with Crippen LogP contribution in [0.2, 0.25) is 0 Å². The third kappa shape index (κ3) is 3.75. The summed E-state index contributed by atoms with van der Waals surface area (Å²) < 4.78 is 77.8. The number of carbonyl (C=O) groups excluding carboxylic acids is 5. The Morgan fingerprint density at radius 2 is 1.50 bits per heavy atom. The fourth-order valence-electron chi connectivity index (χ4n) is 7.74. The highest BCUT2D eigenvalue weighted by Crippen LogP contribution is 2.67. The smallest absolute Gasteiger partial charge is 0.423 e. The Morgan fingerprint density at radius 1 is 0.875 bits per heavy atom. The second-order valence-electron chi connectivity index (χ2n) is 11.9. The highest BCUT2D eigenvalue weighted by molar-refractivity contribution is 6.58. The van der Waals surface area contributed by atoms with E-state index in [9.17, 15) is 42.3 Å². The van der Waals surface area contributed by atoms with Crippen molar-refractivity contribution in [2.45, 2.75) is 28.5 Å². The molecule has 3 aromatic rings. The minimum Gasteiger partial charge on any atom is -0.508 e. The molecule has 0 unspecified atom stereocenters. The maximum absolute atomic E-state index is 15.2. The van der Waals surface area contributed by atoms with E-state index in [1.807, 2.05) is 0 Å². The number of aromatic hydroxyl groups is 1. The van der Waals surface area contributed by atoms with Crippen molar-refractivity contribution in [1.82, 2.24) is 4.90 Å². The molecular weight excluding hydrogens is 690 g/mol. The van der Waals surface area contributed by atoms with Crippen LogP contribution in [0.15, 0.2) is 48.0 Å². The number of nitrogens with zero attached hydrogens (tertiary/aromatic N) is 2. The van der Waals surface area contributed by atoms with Crippen LogP contribution in [-0.2, 0) is 23.9 Å². The SMILES string of the molecule is COC(=O)N1C(=O)[C@H]2[C@H](CC=C3[C@H]2C[C@@]2(Cl)C(=O)N(c4c(F)c(F)c(F)c(F)c4F)C(=O)[C@@]2(Cl)[C@H]3c2c(O)ccc3ccccc23)C1=O. The zero-order chi connectivity index (χ0) is 34.8. The minimum absolute atomic E-state index is 0.107. The maximum atomic E-state index is 15.2. The molecule has 3 fully saturated rings. The third-order valence-corrected chi connectivity index (χ3v) is 11.2. The van der Waals surface area contributed by atoms with Gasteiger partial charge in [-0.15, -0.1) is 23.2 Å². The number of likely N-dealkylation sites (tertiary alicyclic amines) is 1. The summed E-state index contributed by atoms with van der Waals surface area (Å²) in [5, 5.41) is 12.1. The first-order valence-corrected chi connectivity index (χ1v) is 15.0. The highest BCUT2D eigenvalue weighted by Gasteiger charge is 2.77. The van der Waals surface area contributed by atoms with Crippen LogP contribution in [0.1, 0.15) is 24.3 Å². The molecule has 0 bridgehead atoms. The van der Waals surface area contributed by atoms with E-state index in [-0.39, 0.29) is 27.8 Å². The lowest BCUT2D eigenvalue weighted by Crippen LogP contribution is -2.60. The van der Waals surface area contributed by atoms with Crippen molar-refractivity contribution in [3.05, 3.63) is 82.7 Å². The average molecular weight is 709 g/mol. The van der Waals surface area contributed by atoms with Gasteiger partial charge in [-0.05, 0) is 35.6 Å². The molecule has 2 aliphatic carbocycles. The van der Waals surface area contributed by atoms with E-state index in [0.29, 0.717) is 10.3 Å². The van der Waals surface area contributed by atoms with Crippen LogP contribution >= 0.6 is 23.2 Å². The Balaban J connectivity index is 1.52. The number of amides is 5. The Morgan fingerprint density at radius 3 is 2.15 bits per heavy atom. The Labute approximate surface area is 276 Å². The minimum atomic E-state index is -2.82. The van der Waals surface area contributed by atoms with Crippen molar-refractivity contribution in [3.63, 3.8) is 0 Å². The zero-order valence-electron chi connectivity index (χ0n) is 24.2. The van der Waals surface area contributed by atoms with Crippen molar-refractivity contribution in [2.75, 3.05) is 12.0 Å². The maximum Gasteiger partial charge on any atom is 0.423 e. The predicted octanol–water partition coefficient (Wildman–Crippen LogP) is 5.57. The summed E-state index contributed by atoms with van der Waals surface area (Å²) in [7, 11) is 0.945. The number of fused-ring (bicyclic) bond motifs is 5. The predicted molar refractivity (Wildman–Crippen MR) is 156 cm³/mol. The van der Waals surface area contributed by atoms with Gasteiger partial charge in [0.05, 0.1) is 18.9 Å². The van der Waals surface area contributed by atoms with Gasteiger partial charge < -0.3 is 9.84 Å². The molecule has 1 saturated carbocycles. The van der Waals surface area contributed by atoms with Gasteiger partial charge in [0, 0.05) is 11.5 Å². The van der Waals surface area contributed by atoms with Gasteiger partial charge in [-0.2, -0.15) is 4.90 Å². The fourth-order valence-corrected chi connectivity index (χ4v) is 8.66. The second kappa shape index (κ2) is 10.5. The number of alkyl halides is 2. The number of phenolic OH excluding ortho intramolecular Hbond substituents is 1. The number of phenols is 1. The van der Waals surface area contributed by atoms with Crippen LogP contribution in [0.3, 0.4) is 0 Å². The fraction of sp³-hybridized carbons (Fsp3) is 0.281. The molecule has 48 heavy (non-hydrogen) atoms. The summed E-state index contributed by atoms with van der Waals surface area (Å²) in [4.78, 5) is 62.5. The summed E-state index contributed by atoms with van der Waals surface area (Å²) in [5.41, 5.74) is -1.91. The lowest BCUT2D eigenvalue weighted by Gasteiger charge is -2.51. The highest BCUT2D eigenvalue weighted by atomic mass is 35.5. The van der Waals surface area contributed by atoms with Crippen LogP contribution < -0.4 is 4.90 Å². The van der Waals surface area contributed by atoms with E-state index in [0.717, 1.165) is 7.11 Å². The topological polar surface area (TPSA) is 121 Å². The molecule has 6 atom stereocenters. The number of methoxy groups -OCH3 is 1. The molecular formula is C32H19Cl2F5N2O7. The first kappa shape index (κ1) is 32.0. The molecule has 4 aliphatic rings. The van der Waals surface area contributed by atoms with Gasteiger partial charge in [0.1, 0.15) is 11.4 Å². The first-order chi connectivity index (χ1) is 22.6. The summed E-state index contributed by atoms with van der Waals surface area (Å²) >= 11 is 14.2. The molecule has 2 aliphatic heterocycles. The van der Waals surface area contributed by atoms with Crippen molar-refractivity contribution in [1.29, 1.82) is 0 Å². The number of halogens is 7. The Bertz CT molecular complexity index is 2070. The van der Waals surface area contributed by atoms with E-state index in [1.54, 1.807) is 18.2 Å². The number of carbonyl (C=O) groups is 5. The molecule has 248 valence electrons. The largest absolute Gasteiger partial charge is 0.508 e. The summed E-state index contributed by atoms with van der Waals surface area (Å²) in [6.45, 7) is 0. The number of allylic oxidation sites excluding steroid dienone is 2. The van der Waals surface area contributed by atoms with Gasteiger partial charge in [0.25, 0.3) is 11.8 Å². The summed E-state index contributed by atoms with van der Waals surface area (Å²) in [6, 6.07) is 9.15. The number of hydrogen-bond acceptors (Lipinski definition) is 7. The lowest BCUT2D eigenvalue weighted by molar-refractivity contribution is -0.138. The van der Waals surface area contributed by atoms with Crippen LogP contribution in [0, 0.1) is 46.8 Å². The average Bonchev–Trinajstić information content (AvgIpc) is 3.41. The van der Waals surface area contributed by atoms with E-state index in [1.165, 1.54) is 24.3 Å². The Kier molecular flexibility index (Phi) is 6.98. The molecule has 7 rings (SSSR count). The van der Waals surface area contributed by atoms with Crippen molar-refractivity contribution in [3.8, 4) is 5.75 Å². The molecule has 0 radical (unpaired) electrons. The van der Waals surface area contributed by atoms with Gasteiger partial charge in [-0.1, -0.05) is 42.0 Å². The molecule has 1 N–H and O–H groups in total. The monoisotopic (exact) mass is 708 g/mol. The second-order valence-corrected chi connectivity index (χ2v) is 13.1. The number of rotatable bonds is 2. The van der Waals surface area contributed by atoms with Gasteiger partial charge >= 0.3 is 6.09 Å². The van der Waals surface area contributed by atoms with E-state index in [4.69, 9.17) is 23.2 Å². The lowest BCUT2D eigenvalue weighted by atomic mass is 9.56. The van der Waals surface area contributed by atoms with E-state index in [2.05, 4.69) is 4.74 Å². The third-order valence-electron chi connectivity index (χ3n) is 9.81. The Hall–Kier alpha value is -4.56.